The first-order valence-corrected chi connectivity index (χ1v) is 3.71. The van der Waals surface area contributed by atoms with Crippen molar-refractivity contribution < 1.29 is 14.9 Å². The maximum absolute atomic E-state index is 9.41. The molecule has 1 aliphatic rings. The van der Waals surface area contributed by atoms with Crippen molar-refractivity contribution >= 4 is 0 Å². The van der Waals surface area contributed by atoms with Gasteiger partial charge in [0, 0.05) is 0 Å². The topological polar surface area (TPSA) is 52.9 Å². The number of hydrogen-bond donors (Lipinski definition) is 2. The molecule has 4 heteroatoms. The Kier molecular flexibility index (Phi) is 2.20. The van der Waals surface area contributed by atoms with Gasteiger partial charge in [0.2, 0.25) is 0 Å². The molecule has 0 amide bonds. The van der Waals surface area contributed by atoms with Crippen molar-refractivity contribution in [1.82, 2.24) is 4.90 Å². The third-order valence-electron chi connectivity index (χ3n) is 2.03. The van der Waals surface area contributed by atoms with Gasteiger partial charge in [0.25, 0.3) is 0 Å². The number of morpholine rings is 1. The zero-order valence-corrected chi connectivity index (χ0v) is 7.11. The van der Waals surface area contributed by atoms with Gasteiger partial charge >= 0.3 is 0 Å². The summed E-state index contributed by atoms with van der Waals surface area (Å²) in [5.41, 5.74) is 0. The molecular formula is C7H15NO3. The van der Waals surface area contributed by atoms with E-state index in [1.54, 1.807) is 6.92 Å². The second-order valence-electron chi connectivity index (χ2n) is 3.34. The molecule has 0 spiro atoms. The van der Waals surface area contributed by atoms with Gasteiger partial charge in [-0.05, 0) is 20.9 Å². The SMILES string of the molecule is CC1C(O)OC(C)(O)CN1C. The lowest BCUT2D eigenvalue weighted by Gasteiger charge is -2.42. The Labute approximate surface area is 66.4 Å². The van der Waals surface area contributed by atoms with Crippen LogP contribution < -0.4 is 0 Å². The summed E-state index contributed by atoms with van der Waals surface area (Å²) >= 11 is 0. The lowest BCUT2D eigenvalue weighted by Crippen LogP contribution is -2.57. The van der Waals surface area contributed by atoms with Crippen LogP contribution in [0.5, 0.6) is 0 Å². The highest BCUT2D eigenvalue weighted by molar-refractivity contribution is 4.79. The second kappa shape index (κ2) is 2.71. The summed E-state index contributed by atoms with van der Waals surface area (Å²) in [4.78, 5) is 1.86. The minimum absolute atomic E-state index is 0.0600. The first kappa shape index (κ1) is 8.93. The van der Waals surface area contributed by atoms with E-state index in [0.29, 0.717) is 6.54 Å². The van der Waals surface area contributed by atoms with Crippen LogP contribution in [0.3, 0.4) is 0 Å². The molecular weight excluding hydrogens is 146 g/mol. The monoisotopic (exact) mass is 161 g/mol. The molecule has 3 unspecified atom stereocenters. The molecule has 0 radical (unpaired) electrons. The Balaban J connectivity index is 2.62. The molecule has 0 bridgehead atoms. The Morgan fingerprint density at radius 3 is 2.64 bits per heavy atom. The van der Waals surface area contributed by atoms with Gasteiger partial charge < -0.3 is 14.9 Å². The summed E-state index contributed by atoms with van der Waals surface area (Å²) in [5.74, 6) is -1.22. The van der Waals surface area contributed by atoms with Crippen LogP contribution in [0.25, 0.3) is 0 Å². The molecule has 2 N–H and O–H groups in total. The van der Waals surface area contributed by atoms with E-state index in [0.717, 1.165) is 0 Å². The normalized spacial score (nSPS) is 47.7. The molecule has 1 heterocycles. The van der Waals surface area contributed by atoms with Gasteiger partial charge in [-0.15, -0.1) is 0 Å². The summed E-state index contributed by atoms with van der Waals surface area (Å²) in [6.07, 6.45) is -0.899. The highest BCUT2D eigenvalue weighted by Crippen LogP contribution is 2.20. The maximum Gasteiger partial charge on any atom is 0.178 e. The molecule has 4 nitrogen and oxygen atoms in total. The summed E-state index contributed by atoms with van der Waals surface area (Å²) in [5, 5.41) is 18.7. The van der Waals surface area contributed by atoms with Crippen molar-refractivity contribution in [3.63, 3.8) is 0 Å². The molecule has 1 saturated heterocycles. The molecule has 1 fully saturated rings. The fourth-order valence-electron chi connectivity index (χ4n) is 1.22. The van der Waals surface area contributed by atoms with Gasteiger partial charge in [0.1, 0.15) is 0 Å². The van der Waals surface area contributed by atoms with Crippen LogP contribution in [-0.2, 0) is 4.74 Å². The van der Waals surface area contributed by atoms with E-state index >= 15 is 0 Å². The van der Waals surface area contributed by atoms with E-state index in [1.165, 1.54) is 0 Å². The molecule has 1 aliphatic heterocycles. The third-order valence-corrected chi connectivity index (χ3v) is 2.03. The van der Waals surface area contributed by atoms with Gasteiger partial charge in [0.15, 0.2) is 12.1 Å². The number of aliphatic hydroxyl groups excluding tert-OH is 1. The maximum atomic E-state index is 9.41. The van der Waals surface area contributed by atoms with Crippen LogP contribution >= 0.6 is 0 Å². The summed E-state index contributed by atoms with van der Waals surface area (Å²) in [7, 11) is 1.84. The van der Waals surface area contributed by atoms with E-state index in [-0.39, 0.29) is 6.04 Å². The Morgan fingerprint density at radius 2 is 2.18 bits per heavy atom. The van der Waals surface area contributed by atoms with Gasteiger partial charge in [-0.1, -0.05) is 0 Å². The van der Waals surface area contributed by atoms with Gasteiger partial charge in [-0.2, -0.15) is 0 Å². The lowest BCUT2D eigenvalue weighted by molar-refractivity contribution is -0.317. The summed E-state index contributed by atoms with van der Waals surface area (Å²) in [6, 6.07) is -0.0600. The minimum atomic E-state index is -1.22. The molecule has 0 saturated carbocycles. The van der Waals surface area contributed by atoms with Crippen LogP contribution in [0.2, 0.25) is 0 Å². The number of β-amino-alcohol motifs (C(OH)–C–C–N with tert-alkyl or cyclic N) is 1. The molecule has 0 aromatic heterocycles. The number of likely N-dealkylation sites (N-methyl/N-ethyl adjacent to an activating group) is 1. The highest BCUT2D eigenvalue weighted by atomic mass is 16.7. The molecule has 1 rings (SSSR count). The predicted octanol–water partition coefficient (Wildman–Crippen LogP) is -0.636. The molecule has 66 valence electrons. The first-order chi connectivity index (χ1) is 4.92. The van der Waals surface area contributed by atoms with E-state index in [9.17, 15) is 10.2 Å². The minimum Gasteiger partial charge on any atom is -0.366 e. The summed E-state index contributed by atoms with van der Waals surface area (Å²) in [6.45, 7) is 3.81. The van der Waals surface area contributed by atoms with Crippen molar-refractivity contribution in [2.45, 2.75) is 32.0 Å². The van der Waals surface area contributed by atoms with E-state index in [4.69, 9.17) is 4.74 Å². The van der Waals surface area contributed by atoms with Crippen molar-refractivity contribution in [3.8, 4) is 0 Å². The zero-order valence-electron chi connectivity index (χ0n) is 7.11. The van der Waals surface area contributed by atoms with Crippen LogP contribution in [0.1, 0.15) is 13.8 Å². The molecule has 3 atom stereocenters. The molecule has 0 aliphatic carbocycles. The Hall–Kier alpha value is -0.160. The van der Waals surface area contributed by atoms with Crippen molar-refractivity contribution in [3.05, 3.63) is 0 Å². The second-order valence-corrected chi connectivity index (χ2v) is 3.34. The van der Waals surface area contributed by atoms with Gasteiger partial charge in [0.05, 0.1) is 12.6 Å². The standard InChI is InChI=1S/C7H15NO3/c1-5-6(9)11-7(2,10)4-8(5)3/h5-6,9-10H,4H2,1-3H3. The molecule has 0 aromatic carbocycles. The zero-order chi connectivity index (χ0) is 8.65. The molecule has 11 heavy (non-hydrogen) atoms. The number of aliphatic hydroxyl groups is 2. The first-order valence-electron chi connectivity index (χ1n) is 3.71. The number of rotatable bonds is 0. The number of nitrogens with zero attached hydrogens (tertiary/aromatic N) is 1. The van der Waals surface area contributed by atoms with E-state index < -0.39 is 12.1 Å². The van der Waals surface area contributed by atoms with Crippen LogP contribution in [0.4, 0.5) is 0 Å². The van der Waals surface area contributed by atoms with Crippen LogP contribution in [-0.4, -0.2) is 46.8 Å². The highest BCUT2D eigenvalue weighted by Gasteiger charge is 2.37. The largest absolute Gasteiger partial charge is 0.366 e. The van der Waals surface area contributed by atoms with Crippen LogP contribution in [0, 0.1) is 0 Å². The predicted molar refractivity (Wildman–Crippen MR) is 39.8 cm³/mol. The average Bonchev–Trinajstić information content (AvgIpc) is 1.81. The molecule has 0 aromatic rings. The smallest absolute Gasteiger partial charge is 0.178 e. The Morgan fingerprint density at radius 1 is 1.64 bits per heavy atom. The third kappa shape index (κ3) is 1.90. The average molecular weight is 161 g/mol. The fourth-order valence-corrected chi connectivity index (χ4v) is 1.22. The summed E-state index contributed by atoms with van der Waals surface area (Å²) < 4.78 is 4.93. The van der Waals surface area contributed by atoms with Crippen molar-refractivity contribution in [1.29, 1.82) is 0 Å². The van der Waals surface area contributed by atoms with Crippen LogP contribution in [0.15, 0.2) is 0 Å². The van der Waals surface area contributed by atoms with Gasteiger partial charge in [-0.3, -0.25) is 4.90 Å². The lowest BCUT2D eigenvalue weighted by atomic mass is 10.2. The van der Waals surface area contributed by atoms with E-state index in [1.807, 2.05) is 18.9 Å². The van der Waals surface area contributed by atoms with Crippen molar-refractivity contribution in [2.24, 2.45) is 0 Å². The quantitative estimate of drug-likeness (QED) is 0.496. The van der Waals surface area contributed by atoms with Crippen molar-refractivity contribution in [2.75, 3.05) is 13.6 Å². The van der Waals surface area contributed by atoms with Gasteiger partial charge in [-0.25, -0.2) is 0 Å². The fraction of sp³-hybridized carbons (Fsp3) is 1.00. The number of ether oxygens (including phenoxy) is 1. The Bertz CT molecular complexity index is 135. The number of hydrogen-bond acceptors (Lipinski definition) is 4. The van der Waals surface area contributed by atoms with E-state index in [2.05, 4.69) is 0 Å².